The maximum atomic E-state index is 12.5. The minimum absolute atomic E-state index is 0.162. The fourth-order valence-corrected chi connectivity index (χ4v) is 2.65. The number of urea groups is 1. The third-order valence-electron chi connectivity index (χ3n) is 4.08. The van der Waals surface area contributed by atoms with E-state index in [-0.39, 0.29) is 16.8 Å². The van der Waals surface area contributed by atoms with Gasteiger partial charge in [0.15, 0.2) is 0 Å². The molecule has 1 atom stereocenters. The lowest BCUT2D eigenvalue weighted by Crippen LogP contribution is -2.45. The van der Waals surface area contributed by atoms with E-state index in [4.69, 9.17) is 4.74 Å². The molecule has 0 spiro atoms. The van der Waals surface area contributed by atoms with E-state index in [9.17, 15) is 19.7 Å². The summed E-state index contributed by atoms with van der Waals surface area (Å²) in [6, 6.07) is 4.58. The Bertz CT molecular complexity index is 739. The molecule has 2 amide bonds. The number of allylic oxidation sites excluding steroid dienone is 1. The first kappa shape index (κ1) is 16.0. The summed E-state index contributed by atoms with van der Waals surface area (Å²) in [7, 11) is 0. The minimum Gasteiger partial charge on any atom is -0.462 e. The van der Waals surface area contributed by atoms with E-state index < -0.39 is 23.0 Å². The van der Waals surface area contributed by atoms with Gasteiger partial charge >= 0.3 is 12.0 Å². The lowest BCUT2D eigenvalue weighted by atomic mass is 9.94. The molecule has 2 aliphatic rings. The topological polar surface area (TPSA) is 111 Å². The van der Waals surface area contributed by atoms with Crippen molar-refractivity contribution in [3.8, 4) is 0 Å². The molecule has 8 nitrogen and oxygen atoms in total. The second-order valence-corrected chi connectivity index (χ2v) is 5.93. The van der Waals surface area contributed by atoms with Crippen molar-refractivity contribution < 1.29 is 19.2 Å². The van der Waals surface area contributed by atoms with Gasteiger partial charge in [0.2, 0.25) is 0 Å². The van der Waals surface area contributed by atoms with E-state index in [0.717, 1.165) is 12.8 Å². The highest BCUT2D eigenvalue weighted by Gasteiger charge is 2.36. The quantitative estimate of drug-likeness (QED) is 0.488. The molecule has 24 heavy (non-hydrogen) atoms. The van der Waals surface area contributed by atoms with Crippen LogP contribution in [0.1, 0.15) is 31.4 Å². The number of carbonyl (C=O) groups is 2. The third kappa shape index (κ3) is 3.22. The van der Waals surface area contributed by atoms with E-state index in [2.05, 4.69) is 10.6 Å². The van der Waals surface area contributed by atoms with Gasteiger partial charge in [0.05, 0.1) is 28.7 Å². The van der Waals surface area contributed by atoms with Gasteiger partial charge in [-0.3, -0.25) is 10.1 Å². The number of hydrogen-bond donors (Lipinski definition) is 2. The second kappa shape index (κ2) is 6.31. The molecule has 126 valence electrons. The molecule has 1 aliphatic heterocycles. The summed E-state index contributed by atoms with van der Waals surface area (Å²) >= 11 is 0. The molecule has 0 saturated heterocycles. The molecule has 0 aromatic heterocycles. The third-order valence-corrected chi connectivity index (χ3v) is 4.08. The van der Waals surface area contributed by atoms with Crippen molar-refractivity contribution in [3.63, 3.8) is 0 Å². The van der Waals surface area contributed by atoms with Crippen LogP contribution in [-0.4, -0.2) is 23.5 Å². The Kier molecular flexibility index (Phi) is 4.20. The van der Waals surface area contributed by atoms with Crippen molar-refractivity contribution in [2.75, 3.05) is 6.61 Å². The van der Waals surface area contributed by atoms with Crippen molar-refractivity contribution in [1.82, 2.24) is 10.6 Å². The molecule has 2 N–H and O–H groups in total. The Hall–Kier alpha value is -2.90. The van der Waals surface area contributed by atoms with Gasteiger partial charge < -0.3 is 15.4 Å². The van der Waals surface area contributed by atoms with Crippen LogP contribution in [0, 0.1) is 16.0 Å². The predicted octanol–water partition coefficient (Wildman–Crippen LogP) is 2.18. The first-order chi connectivity index (χ1) is 11.5. The van der Waals surface area contributed by atoms with Crippen LogP contribution in [0.4, 0.5) is 10.5 Å². The molecule has 1 unspecified atom stereocenters. The fraction of sp³-hybridized carbons (Fsp3) is 0.375. The van der Waals surface area contributed by atoms with Crippen LogP contribution in [-0.2, 0) is 9.53 Å². The van der Waals surface area contributed by atoms with Crippen molar-refractivity contribution in [1.29, 1.82) is 0 Å². The Morgan fingerprint density at radius 3 is 2.75 bits per heavy atom. The van der Waals surface area contributed by atoms with Gasteiger partial charge in [-0.25, -0.2) is 9.59 Å². The van der Waals surface area contributed by atoms with Crippen molar-refractivity contribution in [2.45, 2.75) is 25.8 Å². The van der Waals surface area contributed by atoms with Crippen molar-refractivity contribution >= 4 is 17.7 Å². The van der Waals surface area contributed by atoms with E-state index in [1.165, 1.54) is 18.2 Å². The van der Waals surface area contributed by atoms with Crippen LogP contribution < -0.4 is 10.6 Å². The summed E-state index contributed by atoms with van der Waals surface area (Å²) in [5.74, 6) is -0.180. The normalized spacial score (nSPS) is 20.2. The van der Waals surface area contributed by atoms with E-state index in [1.54, 1.807) is 13.0 Å². The van der Waals surface area contributed by atoms with Gasteiger partial charge in [-0.05, 0) is 31.7 Å². The highest BCUT2D eigenvalue weighted by atomic mass is 16.6. The number of ether oxygens (including phenoxy) is 1. The Labute approximate surface area is 138 Å². The van der Waals surface area contributed by atoms with Gasteiger partial charge in [-0.2, -0.15) is 0 Å². The molecule has 0 bridgehead atoms. The zero-order chi connectivity index (χ0) is 17.3. The van der Waals surface area contributed by atoms with Crippen molar-refractivity contribution in [2.24, 2.45) is 5.92 Å². The second-order valence-electron chi connectivity index (χ2n) is 5.93. The molecule has 1 aliphatic carbocycles. The molecule has 8 heteroatoms. The van der Waals surface area contributed by atoms with E-state index in [1.807, 2.05) is 0 Å². The molecule has 0 radical (unpaired) electrons. The maximum Gasteiger partial charge on any atom is 0.338 e. The number of hydrogen-bond acceptors (Lipinski definition) is 5. The first-order valence-electron chi connectivity index (χ1n) is 7.66. The summed E-state index contributed by atoms with van der Waals surface area (Å²) in [6.07, 6.45) is 2.07. The van der Waals surface area contributed by atoms with Crippen LogP contribution in [0.3, 0.4) is 0 Å². The van der Waals surface area contributed by atoms with Crippen LogP contribution in [0.5, 0.6) is 0 Å². The summed E-state index contributed by atoms with van der Waals surface area (Å²) in [5, 5.41) is 16.4. The zero-order valence-electron chi connectivity index (χ0n) is 13.1. The lowest BCUT2D eigenvalue weighted by Gasteiger charge is -2.27. The minimum atomic E-state index is -0.924. The Morgan fingerprint density at radius 2 is 2.08 bits per heavy atom. The smallest absolute Gasteiger partial charge is 0.338 e. The molecule has 1 aromatic rings. The highest BCUT2D eigenvalue weighted by Crippen LogP contribution is 2.34. The van der Waals surface area contributed by atoms with Crippen LogP contribution in [0.2, 0.25) is 0 Å². The summed E-state index contributed by atoms with van der Waals surface area (Å²) in [5.41, 5.74) is 0.604. The largest absolute Gasteiger partial charge is 0.462 e. The van der Waals surface area contributed by atoms with E-state index >= 15 is 0 Å². The maximum absolute atomic E-state index is 12.5. The molecule has 1 saturated carbocycles. The van der Waals surface area contributed by atoms with Gasteiger partial charge in [-0.15, -0.1) is 0 Å². The fourth-order valence-electron chi connectivity index (χ4n) is 2.65. The summed E-state index contributed by atoms with van der Waals surface area (Å²) in [4.78, 5) is 35.0. The van der Waals surface area contributed by atoms with Gasteiger partial charge in [0, 0.05) is 11.8 Å². The number of amides is 2. The van der Waals surface area contributed by atoms with E-state index in [0.29, 0.717) is 18.2 Å². The number of nitro benzene ring substituents is 1. The zero-order valence-corrected chi connectivity index (χ0v) is 13.1. The summed E-state index contributed by atoms with van der Waals surface area (Å²) in [6.45, 7) is 1.90. The highest BCUT2D eigenvalue weighted by molar-refractivity contribution is 5.95. The molecule has 1 aromatic carbocycles. The van der Waals surface area contributed by atoms with Gasteiger partial charge in [-0.1, -0.05) is 12.1 Å². The van der Waals surface area contributed by atoms with Crippen LogP contribution in [0.15, 0.2) is 35.5 Å². The average Bonchev–Trinajstić information content (AvgIpc) is 3.36. The number of esters is 1. The number of rotatable bonds is 5. The molecule has 1 heterocycles. The van der Waals surface area contributed by atoms with Gasteiger partial charge in [0.25, 0.3) is 5.69 Å². The average molecular weight is 331 g/mol. The SMILES string of the molecule is CC1=C(C(=O)OCC2CC2)C(c2ccccc2[N+](=O)[O-])NC(=O)N1. The van der Waals surface area contributed by atoms with Gasteiger partial charge in [0.1, 0.15) is 0 Å². The molecular formula is C16H17N3O5. The summed E-state index contributed by atoms with van der Waals surface area (Å²) < 4.78 is 5.31. The number of nitrogens with zero attached hydrogens (tertiary/aromatic N) is 1. The standard InChI is InChI=1S/C16H17N3O5/c1-9-13(15(20)24-8-10-6-7-10)14(18-16(21)17-9)11-4-2-3-5-12(11)19(22)23/h2-5,10,14H,6-8H2,1H3,(H2,17,18,21). The van der Waals surface area contributed by atoms with Crippen molar-refractivity contribution in [3.05, 3.63) is 51.2 Å². The Balaban J connectivity index is 1.96. The number of nitro groups is 1. The lowest BCUT2D eigenvalue weighted by molar-refractivity contribution is -0.385. The monoisotopic (exact) mass is 331 g/mol. The molecule has 1 fully saturated rings. The molecular weight excluding hydrogens is 314 g/mol. The number of carbonyl (C=O) groups excluding carboxylic acids is 2. The number of benzene rings is 1. The Morgan fingerprint density at radius 1 is 1.38 bits per heavy atom. The number of para-hydroxylation sites is 1. The predicted molar refractivity (Wildman–Crippen MR) is 83.9 cm³/mol. The number of nitrogens with one attached hydrogen (secondary N) is 2. The van der Waals surface area contributed by atoms with Crippen LogP contribution in [0.25, 0.3) is 0 Å². The molecule has 3 rings (SSSR count). The van der Waals surface area contributed by atoms with Crippen LogP contribution >= 0.6 is 0 Å². The first-order valence-corrected chi connectivity index (χ1v) is 7.66.